The number of hydrogen-bond donors (Lipinski definition) is 2. The first-order chi connectivity index (χ1) is 19.4. The average Bonchev–Trinajstić information content (AvgIpc) is 2.95. The molecule has 4 N–H and O–H groups in total. The fourth-order valence-corrected chi connectivity index (χ4v) is 5.52. The van der Waals surface area contributed by atoms with Crippen molar-refractivity contribution in [1.29, 1.82) is 0 Å². The average molecular weight is 549 g/mol. The second-order valence-corrected chi connectivity index (χ2v) is 11.3. The molecule has 0 spiro atoms. The van der Waals surface area contributed by atoms with E-state index in [4.69, 9.17) is 20.9 Å². The van der Waals surface area contributed by atoms with Crippen molar-refractivity contribution in [3.63, 3.8) is 0 Å². The Morgan fingerprint density at radius 2 is 1.57 bits per heavy atom. The third kappa shape index (κ3) is 10.7. The van der Waals surface area contributed by atoms with Crippen LogP contribution in [0, 0.1) is 11.8 Å². The van der Waals surface area contributed by atoms with Gasteiger partial charge in [-0.15, -0.1) is 0 Å². The SMILES string of the molecule is CCCCCCC1CCC(C(=O)Oc2ccc(C=CC(=O)OCC(CCCC)c3cc(N)cc(N)c3)cc2)CC1. The Morgan fingerprint density at radius 3 is 2.23 bits per heavy atom. The number of rotatable bonds is 15. The van der Waals surface area contributed by atoms with E-state index in [2.05, 4.69) is 13.8 Å². The summed E-state index contributed by atoms with van der Waals surface area (Å²) in [5.41, 5.74) is 15.0. The molecule has 2 aromatic carbocycles. The lowest BCUT2D eigenvalue weighted by Crippen LogP contribution is -2.25. The number of hydrogen-bond acceptors (Lipinski definition) is 6. The lowest BCUT2D eigenvalue weighted by molar-refractivity contribution is -0.140. The first-order valence-corrected chi connectivity index (χ1v) is 15.2. The molecule has 1 aliphatic rings. The minimum Gasteiger partial charge on any atom is -0.462 e. The molecule has 6 nitrogen and oxygen atoms in total. The van der Waals surface area contributed by atoms with Crippen LogP contribution in [-0.2, 0) is 14.3 Å². The van der Waals surface area contributed by atoms with E-state index in [1.807, 2.05) is 24.3 Å². The molecular weight excluding hydrogens is 500 g/mol. The molecule has 0 aliphatic heterocycles. The predicted molar refractivity (Wildman–Crippen MR) is 164 cm³/mol. The van der Waals surface area contributed by atoms with Gasteiger partial charge in [-0.05, 0) is 85.6 Å². The molecule has 1 atom stereocenters. The maximum atomic E-state index is 12.7. The second-order valence-electron chi connectivity index (χ2n) is 11.3. The predicted octanol–water partition coefficient (Wildman–Crippen LogP) is 8.06. The van der Waals surface area contributed by atoms with Gasteiger partial charge in [0.15, 0.2) is 0 Å². The summed E-state index contributed by atoms with van der Waals surface area (Å²) >= 11 is 0. The van der Waals surface area contributed by atoms with E-state index in [9.17, 15) is 9.59 Å². The van der Waals surface area contributed by atoms with Crippen molar-refractivity contribution in [2.75, 3.05) is 18.1 Å². The number of carbonyl (C=O) groups is 2. The topological polar surface area (TPSA) is 105 Å². The Labute approximate surface area is 240 Å². The highest BCUT2D eigenvalue weighted by Crippen LogP contribution is 2.33. The van der Waals surface area contributed by atoms with Crippen molar-refractivity contribution < 1.29 is 19.1 Å². The van der Waals surface area contributed by atoms with E-state index in [1.54, 1.807) is 24.3 Å². The molecule has 6 heteroatoms. The van der Waals surface area contributed by atoms with E-state index < -0.39 is 5.97 Å². The number of nitrogen functional groups attached to an aromatic ring is 2. The van der Waals surface area contributed by atoms with Gasteiger partial charge < -0.3 is 20.9 Å². The number of anilines is 2. The van der Waals surface area contributed by atoms with Crippen molar-refractivity contribution in [2.24, 2.45) is 11.8 Å². The van der Waals surface area contributed by atoms with Gasteiger partial charge in [0.25, 0.3) is 0 Å². The summed E-state index contributed by atoms with van der Waals surface area (Å²) < 4.78 is 11.2. The standard InChI is InChI=1S/C34H48N2O4/c1-3-5-7-8-9-25-11-16-27(17-12-25)34(38)40-32-18-13-26(14-19-32)15-20-33(37)39-24-28(10-6-4-2)29-21-30(35)23-31(36)22-29/h13-15,18-23,25,27-28H,3-12,16-17,24,35-36H2,1-2H3. The van der Waals surface area contributed by atoms with Crippen molar-refractivity contribution in [3.05, 3.63) is 59.7 Å². The first-order valence-electron chi connectivity index (χ1n) is 15.2. The van der Waals surface area contributed by atoms with Gasteiger partial charge in [0.05, 0.1) is 12.5 Å². The van der Waals surface area contributed by atoms with Crippen LogP contribution >= 0.6 is 0 Å². The van der Waals surface area contributed by atoms with Crippen LogP contribution in [0.15, 0.2) is 48.5 Å². The van der Waals surface area contributed by atoms with Gasteiger partial charge >= 0.3 is 11.9 Å². The van der Waals surface area contributed by atoms with Crippen LogP contribution in [0.25, 0.3) is 6.08 Å². The molecule has 0 radical (unpaired) electrons. The summed E-state index contributed by atoms with van der Waals surface area (Å²) in [6.07, 6.45) is 16.7. The molecule has 0 heterocycles. The Morgan fingerprint density at radius 1 is 0.900 bits per heavy atom. The van der Waals surface area contributed by atoms with Gasteiger partial charge in [0.1, 0.15) is 5.75 Å². The number of unbranched alkanes of at least 4 members (excludes halogenated alkanes) is 4. The van der Waals surface area contributed by atoms with Crippen LogP contribution in [0.2, 0.25) is 0 Å². The summed E-state index contributed by atoms with van der Waals surface area (Å²) in [7, 11) is 0. The molecule has 0 saturated heterocycles. The number of ether oxygens (including phenoxy) is 2. The molecule has 0 aromatic heterocycles. The zero-order chi connectivity index (χ0) is 28.7. The minimum atomic E-state index is -0.408. The third-order valence-electron chi connectivity index (χ3n) is 7.96. The summed E-state index contributed by atoms with van der Waals surface area (Å²) in [6, 6.07) is 12.7. The first kappa shape index (κ1) is 31.3. The maximum absolute atomic E-state index is 12.7. The highest BCUT2D eigenvalue weighted by Gasteiger charge is 2.27. The highest BCUT2D eigenvalue weighted by atomic mass is 16.5. The smallest absolute Gasteiger partial charge is 0.330 e. The van der Waals surface area contributed by atoms with Crippen LogP contribution < -0.4 is 16.2 Å². The summed E-state index contributed by atoms with van der Waals surface area (Å²) in [5.74, 6) is 0.790. The monoisotopic (exact) mass is 548 g/mol. The van der Waals surface area contributed by atoms with Crippen LogP contribution in [0.5, 0.6) is 5.75 Å². The largest absolute Gasteiger partial charge is 0.462 e. The van der Waals surface area contributed by atoms with E-state index in [0.717, 1.165) is 62.0 Å². The quantitative estimate of drug-likeness (QED) is 0.0767. The summed E-state index contributed by atoms with van der Waals surface area (Å²) in [5, 5.41) is 0. The van der Waals surface area contributed by atoms with Crippen molar-refractivity contribution in [1.82, 2.24) is 0 Å². The lowest BCUT2D eigenvalue weighted by Gasteiger charge is -2.27. The van der Waals surface area contributed by atoms with Crippen LogP contribution in [0.1, 0.15) is 108 Å². The Balaban J connectivity index is 1.43. The molecule has 1 saturated carbocycles. The second kappa shape index (κ2) is 16.7. The minimum absolute atomic E-state index is 0.00819. The number of carbonyl (C=O) groups excluding carboxylic acids is 2. The molecule has 3 rings (SSSR count). The van der Waals surface area contributed by atoms with E-state index in [1.165, 1.54) is 38.2 Å². The summed E-state index contributed by atoms with van der Waals surface area (Å²) in [4.78, 5) is 25.1. The van der Waals surface area contributed by atoms with E-state index in [-0.39, 0.29) is 24.4 Å². The normalized spacial score (nSPS) is 17.9. The van der Waals surface area contributed by atoms with Gasteiger partial charge in [0, 0.05) is 23.4 Å². The van der Waals surface area contributed by atoms with Crippen LogP contribution in [0.3, 0.4) is 0 Å². The number of esters is 2. The highest BCUT2D eigenvalue weighted by molar-refractivity contribution is 5.87. The van der Waals surface area contributed by atoms with Crippen molar-refractivity contribution in [3.8, 4) is 5.75 Å². The van der Waals surface area contributed by atoms with Gasteiger partial charge in [-0.25, -0.2) is 4.79 Å². The Kier molecular flexibility index (Phi) is 13.1. The molecular formula is C34H48N2O4. The van der Waals surface area contributed by atoms with Crippen molar-refractivity contribution in [2.45, 2.75) is 96.8 Å². The van der Waals surface area contributed by atoms with Gasteiger partial charge in [-0.1, -0.05) is 70.9 Å². The molecule has 1 unspecified atom stereocenters. The molecule has 40 heavy (non-hydrogen) atoms. The fraction of sp³-hybridized carbons (Fsp3) is 0.529. The molecule has 0 bridgehead atoms. The molecule has 0 amide bonds. The van der Waals surface area contributed by atoms with Gasteiger partial charge in [-0.3, -0.25) is 4.79 Å². The molecule has 1 aliphatic carbocycles. The van der Waals surface area contributed by atoms with Crippen LogP contribution in [0.4, 0.5) is 11.4 Å². The van der Waals surface area contributed by atoms with Gasteiger partial charge in [0.2, 0.25) is 0 Å². The van der Waals surface area contributed by atoms with Crippen molar-refractivity contribution >= 4 is 29.4 Å². The Bertz CT molecular complexity index is 1070. The zero-order valence-electron chi connectivity index (χ0n) is 24.4. The Hall–Kier alpha value is -3.28. The third-order valence-corrected chi connectivity index (χ3v) is 7.96. The number of benzene rings is 2. The van der Waals surface area contributed by atoms with Gasteiger partial charge in [-0.2, -0.15) is 0 Å². The molecule has 2 aromatic rings. The lowest BCUT2D eigenvalue weighted by atomic mass is 9.80. The fourth-order valence-electron chi connectivity index (χ4n) is 5.52. The zero-order valence-corrected chi connectivity index (χ0v) is 24.4. The number of nitrogens with two attached hydrogens (primary N) is 2. The van der Waals surface area contributed by atoms with E-state index in [0.29, 0.717) is 17.1 Å². The summed E-state index contributed by atoms with van der Waals surface area (Å²) in [6.45, 7) is 4.64. The maximum Gasteiger partial charge on any atom is 0.330 e. The molecule has 218 valence electrons. The molecule has 1 fully saturated rings. The van der Waals surface area contributed by atoms with E-state index >= 15 is 0 Å². The van der Waals surface area contributed by atoms with Crippen LogP contribution in [-0.4, -0.2) is 18.5 Å².